The summed E-state index contributed by atoms with van der Waals surface area (Å²) in [6.45, 7) is 0.456. The van der Waals surface area contributed by atoms with Crippen LogP contribution in [0.3, 0.4) is 0 Å². The fourth-order valence-corrected chi connectivity index (χ4v) is 2.46. The average molecular weight is 286 g/mol. The van der Waals surface area contributed by atoms with Gasteiger partial charge < -0.3 is 20.8 Å². The maximum atomic E-state index is 12.2. The number of imidazole rings is 1. The van der Waals surface area contributed by atoms with Gasteiger partial charge in [0.2, 0.25) is 0 Å². The topological polar surface area (TPSA) is 93.0 Å². The molecule has 0 unspecified atom stereocenters. The Kier molecular flexibility index (Phi) is 3.98. The lowest BCUT2D eigenvalue weighted by atomic mass is 10.1. The molecule has 6 nitrogen and oxygen atoms in total. The van der Waals surface area contributed by atoms with E-state index in [0.29, 0.717) is 13.0 Å². The van der Waals surface area contributed by atoms with Crippen LogP contribution in [0.25, 0.3) is 11.4 Å². The number of H-pyrrole nitrogens is 1. The van der Waals surface area contributed by atoms with Crippen LogP contribution in [-0.2, 0) is 9.53 Å². The zero-order valence-electron chi connectivity index (χ0n) is 11.6. The first-order chi connectivity index (χ1) is 10.3. The van der Waals surface area contributed by atoms with E-state index < -0.39 is 6.10 Å². The van der Waals surface area contributed by atoms with Gasteiger partial charge in [-0.3, -0.25) is 4.79 Å². The Morgan fingerprint density at radius 2 is 2.38 bits per heavy atom. The second-order valence-electron chi connectivity index (χ2n) is 5.07. The minimum absolute atomic E-state index is 0.00444. The molecule has 2 atom stereocenters. The van der Waals surface area contributed by atoms with E-state index in [9.17, 15) is 4.79 Å². The summed E-state index contributed by atoms with van der Waals surface area (Å²) in [6, 6.07) is 7.54. The number of carbonyl (C=O) groups is 1. The van der Waals surface area contributed by atoms with Gasteiger partial charge in [0, 0.05) is 30.2 Å². The Balaban J connectivity index is 1.68. The predicted octanol–water partition coefficient (Wildman–Crippen LogP) is 1.52. The summed E-state index contributed by atoms with van der Waals surface area (Å²) < 4.78 is 5.59. The molecule has 1 aliphatic rings. The molecule has 0 saturated carbocycles. The second kappa shape index (κ2) is 6.07. The molecule has 2 heterocycles. The van der Waals surface area contributed by atoms with Gasteiger partial charge in [-0.25, -0.2) is 4.98 Å². The summed E-state index contributed by atoms with van der Waals surface area (Å²) in [6.07, 6.45) is 4.59. The minimum atomic E-state index is -0.411. The number of aromatic amines is 1. The molecule has 1 saturated heterocycles. The minimum Gasteiger partial charge on any atom is -0.364 e. The third-order valence-corrected chi connectivity index (χ3v) is 3.56. The maximum Gasteiger partial charge on any atom is 0.253 e. The van der Waals surface area contributed by atoms with Crippen molar-refractivity contribution in [3.05, 3.63) is 36.7 Å². The molecular formula is C15H18N4O2. The lowest BCUT2D eigenvalue weighted by Gasteiger charge is -2.13. The highest BCUT2D eigenvalue weighted by atomic mass is 16.5. The van der Waals surface area contributed by atoms with Gasteiger partial charge in [-0.05, 0) is 25.0 Å². The average Bonchev–Trinajstić information content (AvgIpc) is 3.19. The van der Waals surface area contributed by atoms with Crippen LogP contribution in [0.1, 0.15) is 12.8 Å². The van der Waals surface area contributed by atoms with Crippen LogP contribution < -0.4 is 11.1 Å². The molecule has 1 aromatic carbocycles. The molecule has 1 amide bonds. The molecule has 1 aromatic heterocycles. The fraction of sp³-hybridized carbons (Fsp3) is 0.333. The van der Waals surface area contributed by atoms with Gasteiger partial charge in [-0.15, -0.1) is 0 Å². The van der Waals surface area contributed by atoms with Crippen LogP contribution in [0.5, 0.6) is 0 Å². The summed E-state index contributed by atoms with van der Waals surface area (Å²) >= 11 is 0. The Bertz CT molecular complexity index is 612. The number of nitrogens with one attached hydrogen (secondary N) is 2. The van der Waals surface area contributed by atoms with Crippen molar-refractivity contribution in [2.24, 2.45) is 5.73 Å². The molecule has 3 rings (SSSR count). The first-order valence-corrected chi connectivity index (χ1v) is 7.02. The van der Waals surface area contributed by atoms with E-state index in [-0.39, 0.29) is 12.0 Å². The van der Waals surface area contributed by atoms with E-state index in [2.05, 4.69) is 15.3 Å². The number of aromatic nitrogens is 2. The molecule has 1 fully saturated rings. The number of hydrogen-bond donors (Lipinski definition) is 3. The first-order valence-electron chi connectivity index (χ1n) is 7.02. The maximum absolute atomic E-state index is 12.2. The van der Waals surface area contributed by atoms with Crippen molar-refractivity contribution in [1.29, 1.82) is 0 Å². The van der Waals surface area contributed by atoms with Gasteiger partial charge in [0.25, 0.3) is 5.91 Å². The summed E-state index contributed by atoms with van der Waals surface area (Å²) in [5, 5.41) is 2.88. The summed E-state index contributed by atoms with van der Waals surface area (Å²) in [5.41, 5.74) is 7.21. The Labute approximate surface area is 122 Å². The van der Waals surface area contributed by atoms with Gasteiger partial charge in [0.15, 0.2) is 0 Å². The molecule has 21 heavy (non-hydrogen) atoms. The summed E-state index contributed by atoms with van der Waals surface area (Å²) in [4.78, 5) is 19.4. The highest BCUT2D eigenvalue weighted by Crippen LogP contribution is 2.22. The third kappa shape index (κ3) is 3.12. The monoisotopic (exact) mass is 286 g/mol. The quantitative estimate of drug-likeness (QED) is 0.794. The van der Waals surface area contributed by atoms with Crippen LogP contribution >= 0.6 is 0 Å². The largest absolute Gasteiger partial charge is 0.364 e. The molecular weight excluding hydrogens is 268 g/mol. The van der Waals surface area contributed by atoms with Gasteiger partial charge >= 0.3 is 0 Å². The van der Waals surface area contributed by atoms with Gasteiger partial charge in [0.1, 0.15) is 11.9 Å². The van der Waals surface area contributed by atoms with Crippen molar-refractivity contribution in [1.82, 2.24) is 9.97 Å². The van der Waals surface area contributed by atoms with E-state index in [1.807, 2.05) is 24.3 Å². The number of amides is 1. The van der Waals surface area contributed by atoms with Crippen LogP contribution in [-0.4, -0.2) is 34.6 Å². The SMILES string of the molecule is NC[C@H]1CC[C@@H](C(=O)Nc2cccc(-c3ncc[nH]3)c2)O1. The van der Waals surface area contributed by atoms with Crippen molar-refractivity contribution in [2.75, 3.05) is 11.9 Å². The number of anilines is 1. The summed E-state index contributed by atoms with van der Waals surface area (Å²) in [5.74, 6) is 0.647. The van der Waals surface area contributed by atoms with Crippen LogP contribution in [0.4, 0.5) is 5.69 Å². The zero-order valence-corrected chi connectivity index (χ0v) is 11.6. The summed E-state index contributed by atoms with van der Waals surface area (Å²) in [7, 11) is 0. The molecule has 0 aliphatic carbocycles. The van der Waals surface area contributed by atoms with E-state index in [1.165, 1.54) is 0 Å². The molecule has 1 aliphatic heterocycles. The number of rotatable bonds is 4. The molecule has 0 bridgehead atoms. The van der Waals surface area contributed by atoms with Gasteiger partial charge in [0.05, 0.1) is 6.10 Å². The van der Waals surface area contributed by atoms with Crippen molar-refractivity contribution in [2.45, 2.75) is 25.0 Å². The Morgan fingerprint density at radius 3 is 3.10 bits per heavy atom. The number of nitrogens with two attached hydrogens (primary N) is 1. The second-order valence-corrected chi connectivity index (χ2v) is 5.07. The Morgan fingerprint density at radius 1 is 1.48 bits per heavy atom. The first kappa shape index (κ1) is 13.8. The normalized spacial score (nSPS) is 21.4. The zero-order chi connectivity index (χ0) is 14.7. The van der Waals surface area contributed by atoms with E-state index in [1.54, 1.807) is 12.4 Å². The van der Waals surface area contributed by atoms with Crippen molar-refractivity contribution in [3.63, 3.8) is 0 Å². The fourth-order valence-electron chi connectivity index (χ4n) is 2.46. The highest BCUT2D eigenvalue weighted by molar-refractivity contribution is 5.94. The van der Waals surface area contributed by atoms with Gasteiger partial charge in [-0.1, -0.05) is 12.1 Å². The third-order valence-electron chi connectivity index (χ3n) is 3.56. The number of carbonyl (C=O) groups excluding carboxylic acids is 1. The molecule has 0 spiro atoms. The lowest BCUT2D eigenvalue weighted by molar-refractivity contribution is -0.126. The van der Waals surface area contributed by atoms with Crippen LogP contribution in [0, 0.1) is 0 Å². The smallest absolute Gasteiger partial charge is 0.253 e. The molecule has 4 N–H and O–H groups in total. The standard InChI is InChI=1S/C15H18N4O2/c16-9-12-4-5-13(21-12)15(20)19-11-3-1-2-10(8-11)14-17-6-7-18-14/h1-3,6-8,12-13H,4-5,9,16H2,(H,17,18)(H,19,20)/t12-,13+/m1/s1. The van der Waals surface area contributed by atoms with E-state index >= 15 is 0 Å². The number of benzene rings is 1. The van der Waals surface area contributed by atoms with Crippen molar-refractivity contribution >= 4 is 11.6 Å². The van der Waals surface area contributed by atoms with Crippen molar-refractivity contribution < 1.29 is 9.53 Å². The highest BCUT2D eigenvalue weighted by Gasteiger charge is 2.29. The van der Waals surface area contributed by atoms with Crippen LogP contribution in [0.15, 0.2) is 36.7 Å². The van der Waals surface area contributed by atoms with Crippen molar-refractivity contribution in [3.8, 4) is 11.4 Å². The predicted molar refractivity (Wildman–Crippen MR) is 79.6 cm³/mol. The molecule has 110 valence electrons. The van der Waals surface area contributed by atoms with Gasteiger partial charge in [-0.2, -0.15) is 0 Å². The molecule has 6 heteroatoms. The van der Waals surface area contributed by atoms with Crippen LogP contribution in [0.2, 0.25) is 0 Å². The van der Waals surface area contributed by atoms with E-state index in [4.69, 9.17) is 10.5 Å². The number of hydrogen-bond acceptors (Lipinski definition) is 4. The Hall–Kier alpha value is -2.18. The number of nitrogens with zero attached hydrogens (tertiary/aromatic N) is 1. The van der Waals surface area contributed by atoms with E-state index in [0.717, 1.165) is 23.5 Å². The number of ether oxygens (including phenoxy) is 1. The molecule has 0 radical (unpaired) electrons. The molecule has 2 aromatic rings. The lowest BCUT2D eigenvalue weighted by Crippen LogP contribution is -2.29.